The molecule has 0 aromatic carbocycles. The second-order valence-corrected chi connectivity index (χ2v) is 2.94. The van der Waals surface area contributed by atoms with E-state index in [4.69, 9.17) is 5.26 Å². The Morgan fingerprint density at radius 2 is 2.23 bits per heavy atom. The van der Waals surface area contributed by atoms with Crippen LogP contribution in [0.5, 0.6) is 0 Å². The van der Waals surface area contributed by atoms with Gasteiger partial charge in [-0.05, 0) is 19.4 Å². The summed E-state index contributed by atoms with van der Waals surface area (Å²) in [6.45, 7) is 3.73. The van der Waals surface area contributed by atoms with Crippen LogP contribution in [0.4, 0.5) is 0 Å². The lowest BCUT2D eigenvalue weighted by atomic mass is 10.1. The van der Waals surface area contributed by atoms with Gasteiger partial charge in [0.05, 0.1) is 17.5 Å². The first-order valence-electron chi connectivity index (χ1n) is 3.94. The molecule has 4 heteroatoms. The van der Waals surface area contributed by atoms with Gasteiger partial charge >= 0.3 is 0 Å². The second-order valence-electron chi connectivity index (χ2n) is 2.94. The van der Waals surface area contributed by atoms with Gasteiger partial charge in [-0.2, -0.15) is 10.4 Å². The minimum absolute atomic E-state index is 0.647. The molecule has 2 heterocycles. The van der Waals surface area contributed by atoms with Crippen LogP contribution in [-0.2, 0) is 0 Å². The second kappa shape index (κ2) is 2.56. The fraction of sp³-hybridized carbons (Fsp3) is 0.222. The van der Waals surface area contributed by atoms with Gasteiger partial charge in [0.2, 0.25) is 0 Å². The van der Waals surface area contributed by atoms with E-state index < -0.39 is 0 Å². The highest BCUT2D eigenvalue weighted by atomic mass is 15.1. The molecule has 0 bridgehead atoms. The van der Waals surface area contributed by atoms with Crippen molar-refractivity contribution in [2.45, 2.75) is 13.8 Å². The molecule has 1 N–H and O–H groups in total. The number of aromatic amines is 1. The Bertz CT molecular complexity index is 504. The van der Waals surface area contributed by atoms with Gasteiger partial charge in [-0.1, -0.05) is 0 Å². The van der Waals surface area contributed by atoms with Crippen LogP contribution < -0.4 is 0 Å². The fourth-order valence-corrected chi connectivity index (χ4v) is 1.43. The van der Waals surface area contributed by atoms with Crippen LogP contribution >= 0.6 is 0 Å². The van der Waals surface area contributed by atoms with E-state index in [0.717, 1.165) is 22.3 Å². The molecule has 2 aromatic rings. The van der Waals surface area contributed by atoms with Crippen LogP contribution in [0.3, 0.4) is 0 Å². The van der Waals surface area contributed by atoms with Crippen LogP contribution in [0, 0.1) is 25.2 Å². The largest absolute Gasteiger partial charge is 0.261 e. The molecule has 2 rings (SSSR count). The first-order valence-corrected chi connectivity index (χ1v) is 3.94. The third kappa shape index (κ3) is 0.975. The number of aromatic nitrogens is 3. The van der Waals surface area contributed by atoms with Gasteiger partial charge in [-0.25, -0.2) is 4.98 Å². The number of aryl methyl sites for hydroxylation is 2. The predicted molar refractivity (Wildman–Crippen MR) is 48.1 cm³/mol. The van der Waals surface area contributed by atoms with Gasteiger partial charge < -0.3 is 0 Å². The lowest BCUT2D eigenvalue weighted by Crippen LogP contribution is -1.93. The number of nitriles is 1. The lowest BCUT2D eigenvalue weighted by Gasteiger charge is -2.01. The van der Waals surface area contributed by atoms with Crippen LogP contribution in [0.15, 0.2) is 6.20 Å². The Morgan fingerprint density at radius 3 is 2.92 bits per heavy atom. The summed E-state index contributed by atoms with van der Waals surface area (Å²) in [4.78, 5) is 4.23. The lowest BCUT2D eigenvalue weighted by molar-refractivity contribution is 1.08. The molecule has 0 amide bonds. The molecule has 64 valence electrons. The molecule has 2 aromatic heterocycles. The normalized spacial score (nSPS) is 10.2. The summed E-state index contributed by atoms with van der Waals surface area (Å²) in [6.07, 6.45) is 1.69. The van der Waals surface area contributed by atoms with Gasteiger partial charge in [0.15, 0.2) is 5.65 Å². The topological polar surface area (TPSA) is 65.4 Å². The molecule has 0 aliphatic heterocycles. The average Bonchev–Trinajstić information content (AvgIpc) is 2.53. The van der Waals surface area contributed by atoms with Crippen molar-refractivity contribution in [3.8, 4) is 6.07 Å². The summed E-state index contributed by atoms with van der Waals surface area (Å²) in [7, 11) is 0. The van der Waals surface area contributed by atoms with E-state index in [-0.39, 0.29) is 0 Å². The maximum absolute atomic E-state index is 8.88. The van der Waals surface area contributed by atoms with Crippen LogP contribution in [0.1, 0.15) is 16.8 Å². The van der Waals surface area contributed by atoms with E-state index in [1.54, 1.807) is 6.20 Å². The number of pyridine rings is 1. The molecule has 0 unspecified atom stereocenters. The van der Waals surface area contributed by atoms with Crippen LogP contribution in [-0.4, -0.2) is 15.2 Å². The summed E-state index contributed by atoms with van der Waals surface area (Å²) in [6, 6.07) is 2.14. The van der Waals surface area contributed by atoms with E-state index in [9.17, 15) is 0 Å². The predicted octanol–water partition coefficient (Wildman–Crippen LogP) is 1.45. The highest BCUT2D eigenvalue weighted by Crippen LogP contribution is 2.19. The Morgan fingerprint density at radius 1 is 1.46 bits per heavy atom. The molecule has 0 radical (unpaired) electrons. The molecule has 0 spiro atoms. The van der Waals surface area contributed by atoms with Crippen molar-refractivity contribution in [1.82, 2.24) is 15.2 Å². The van der Waals surface area contributed by atoms with Gasteiger partial charge in [0, 0.05) is 5.39 Å². The SMILES string of the molecule is Cc1nc2[nH]ncc2c(C)c1C#N. The molecular formula is C9H8N4. The summed E-state index contributed by atoms with van der Waals surface area (Å²) in [5.74, 6) is 0. The Kier molecular flexibility index (Phi) is 1.52. The minimum atomic E-state index is 0.647. The number of H-pyrrole nitrogens is 1. The van der Waals surface area contributed by atoms with Crippen molar-refractivity contribution in [3.05, 3.63) is 23.0 Å². The van der Waals surface area contributed by atoms with Crippen molar-refractivity contribution in [2.75, 3.05) is 0 Å². The summed E-state index contributed by atoms with van der Waals surface area (Å²) in [5.41, 5.74) is 3.08. The third-order valence-electron chi connectivity index (χ3n) is 2.15. The average molecular weight is 172 g/mol. The molecule has 0 saturated carbocycles. The monoisotopic (exact) mass is 172 g/mol. The highest BCUT2D eigenvalue weighted by Gasteiger charge is 2.09. The Hall–Kier alpha value is -1.89. The van der Waals surface area contributed by atoms with Gasteiger partial charge in [-0.3, -0.25) is 5.10 Å². The fourth-order valence-electron chi connectivity index (χ4n) is 1.43. The van der Waals surface area contributed by atoms with E-state index in [1.165, 1.54) is 0 Å². The third-order valence-corrected chi connectivity index (χ3v) is 2.15. The highest BCUT2D eigenvalue weighted by molar-refractivity contribution is 5.80. The molecule has 0 saturated heterocycles. The zero-order chi connectivity index (χ0) is 9.42. The van der Waals surface area contributed by atoms with Crippen molar-refractivity contribution < 1.29 is 0 Å². The maximum atomic E-state index is 8.88. The zero-order valence-electron chi connectivity index (χ0n) is 7.42. The molecule has 0 aliphatic carbocycles. The molecule has 0 atom stereocenters. The first kappa shape index (κ1) is 7.74. The maximum Gasteiger partial charge on any atom is 0.155 e. The Labute approximate surface area is 75.2 Å². The quantitative estimate of drug-likeness (QED) is 0.654. The molecule has 13 heavy (non-hydrogen) atoms. The molecule has 4 nitrogen and oxygen atoms in total. The standard InChI is InChI=1S/C9H8N4/c1-5-7(3-10)6(2)12-9-8(5)4-11-13-9/h4H,1-2H3,(H,11,12,13). The number of rotatable bonds is 0. The number of hydrogen-bond donors (Lipinski definition) is 1. The van der Waals surface area contributed by atoms with Gasteiger partial charge in [0.25, 0.3) is 0 Å². The first-order chi connectivity index (χ1) is 6.24. The van der Waals surface area contributed by atoms with Crippen LogP contribution in [0.2, 0.25) is 0 Å². The zero-order valence-corrected chi connectivity index (χ0v) is 7.42. The number of hydrogen-bond acceptors (Lipinski definition) is 3. The van der Waals surface area contributed by atoms with Crippen molar-refractivity contribution in [1.29, 1.82) is 5.26 Å². The molecule has 0 fully saturated rings. The van der Waals surface area contributed by atoms with Crippen molar-refractivity contribution in [2.24, 2.45) is 0 Å². The van der Waals surface area contributed by atoms with E-state index in [2.05, 4.69) is 21.3 Å². The summed E-state index contributed by atoms with van der Waals surface area (Å²) < 4.78 is 0. The molecular weight excluding hydrogens is 164 g/mol. The van der Waals surface area contributed by atoms with Gasteiger partial charge in [0.1, 0.15) is 6.07 Å². The van der Waals surface area contributed by atoms with Gasteiger partial charge in [-0.15, -0.1) is 0 Å². The number of nitrogens with one attached hydrogen (secondary N) is 1. The number of nitrogens with zero attached hydrogens (tertiary/aromatic N) is 3. The summed E-state index contributed by atoms with van der Waals surface area (Å²) >= 11 is 0. The van der Waals surface area contributed by atoms with Crippen LogP contribution in [0.25, 0.3) is 11.0 Å². The minimum Gasteiger partial charge on any atom is -0.261 e. The van der Waals surface area contributed by atoms with Crippen molar-refractivity contribution in [3.63, 3.8) is 0 Å². The Balaban J connectivity index is 2.95. The van der Waals surface area contributed by atoms with E-state index in [1.807, 2.05) is 13.8 Å². The van der Waals surface area contributed by atoms with E-state index >= 15 is 0 Å². The van der Waals surface area contributed by atoms with Crippen molar-refractivity contribution >= 4 is 11.0 Å². The molecule has 0 aliphatic rings. The summed E-state index contributed by atoms with van der Waals surface area (Å²) in [5, 5.41) is 16.5. The number of fused-ring (bicyclic) bond motifs is 1. The van der Waals surface area contributed by atoms with E-state index in [0.29, 0.717) is 5.56 Å². The smallest absolute Gasteiger partial charge is 0.155 e.